The van der Waals surface area contributed by atoms with Crippen molar-refractivity contribution < 1.29 is 18.6 Å². The van der Waals surface area contributed by atoms with Crippen LogP contribution in [0.3, 0.4) is 0 Å². The summed E-state index contributed by atoms with van der Waals surface area (Å²) in [6.45, 7) is 3.32. The molecular formula is C9H10F2O2. The van der Waals surface area contributed by atoms with Crippen LogP contribution in [0.5, 0.6) is 11.5 Å². The molecule has 0 spiro atoms. The zero-order chi connectivity index (χ0) is 10.0. The zero-order valence-electron chi connectivity index (χ0n) is 7.34. The highest BCUT2D eigenvalue weighted by Crippen LogP contribution is 2.26. The van der Waals surface area contributed by atoms with Crippen LogP contribution < -0.4 is 4.74 Å². The third-order valence-corrected chi connectivity index (χ3v) is 1.34. The average molecular weight is 188 g/mol. The van der Waals surface area contributed by atoms with Crippen molar-refractivity contribution in [3.05, 3.63) is 23.8 Å². The maximum absolute atomic E-state index is 12.9. The smallest absolute Gasteiger partial charge is 0.191 e. The van der Waals surface area contributed by atoms with Gasteiger partial charge in [-0.05, 0) is 13.8 Å². The molecule has 1 rings (SSSR count). The minimum absolute atomic E-state index is 0.312. The van der Waals surface area contributed by atoms with Gasteiger partial charge in [0.05, 0.1) is 6.10 Å². The van der Waals surface area contributed by atoms with Crippen LogP contribution in [0.1, 0.15) is 13.8 Å². The van der Waals surface area contributed by atoms with Gasteiger partial charge in [0, 0.05) is 12.1 Å². The molecule has 0 unspecified atom stereocenters. The van der Waals surface area contributed by atoms with E-state index in [1.165, 1.54) is 0 Å². The molecule has 0 heterocycles. The van der Waals surface area contributed by atoms with Gasteiger partial charge in [0.1, 0.15) is 5.75 Å². The normalized spacial score (nSPS) is 10.5. The molecule has 0 bridgehead atoms. The van der Waals surface area contributed by atoms with Gasteiger partial charge >= 0.3 is 0 Å². The van der Waals surface area contributed by atoms with E-state index in [9.17, 15) is 8.78 Å². The first kappa shape index (κ1) is 9.77. The number of phenols is 1. The van der Waals surface area contributed by atoms with Crippen molar-refractivity contribution in [2.45, 2.75) is 20.0 Å². The van der Waals surface area contributed by atoms with Crippen molar-refractivity contribution in [1.82, 2.24) is 0 Å². The van der Waals surface area contributed by atoms with Crippen molar-refractivity contribution in [3.63, 3.8) is 0 Å². The molecule has 2 nitrogen and oxygen atoms in total. The lowest BCUT2D eigenvalue weighted by molar-refractivity contribution is 0.218. The summed E-state index contributed by atoms with van der Waals surface area (Å²) < 4.78 is 30.8. The van der Waals surface area contributed by atoms with Crippen molar-refractivity contribution in [2.24, 2.45) is 0 Å². The number of phenolic OH excluding ortho intramolecular Hbond substituents is 1. The van der Waals surface area contributed by atoms with Crippen LogP contribution in [0.2, 0.25) is 0 Å². The fraction of sp³-hybridized carbons (Fsp3) is 0.333. The van der Waals surface area contributed by atoms with Crippen LogP contribution >= 0.6 is 0 Å². The van der Waals surface area contributed by atoms with Gasteiger partial charge in [0.15, 0.2) is 17.4 Å². The summed E-state index contributed by atoms with van der Waals surface area (Å²) in [4.78, 5) is 0. The van der Waals surface area contributed by atoms with Crippen LogP contribution in [0.15, 0.2) is 12.1 Å². The minimum atomic E-state index is -0.897. The summed E-state index contributed by atoms with van der Waals surface area (Å²) in [5, 5.41) is 8.82. The molecule has 0 atom stereocenters. The van der Waals surface area contributed by atoms with Gasteiger partial charge in [-0.25, -0.2) is 8.78 Å². The molecule has 1 N–H and O–H groups in total. The Kier molecular flexibility index (Phi) is 2.70. The Balaban J connectivity index is 3.06. The number of aromatic hydroxyl groups is 1. The molecule has 0 aromatic heterocycles. The van der Waals surface area contributed by atoms with Gasteiger partial charge in [-0.3, -0.25) is 0 Å². The van der Waals surface area contributed by atoms with E-state index in [1.807, 2.05) is 0 Å². The molecule has 0 saturated carbocycles. The lowest BCUT2D eigenvalue weighted by atomic mass is 10.3. The second-order valence-electron chi connectivity index (χ2n) is 2.91. The highest BCUT2D eigenvalue weighted by molar-refractivity contribution is 5.34. The molecule has 0 radical (unpaired) electrons. The highest BCUT2D eigenvalue weighted by Gasteiger charge is 2.13. The summed E-state index contributed by atoms with van der Waals surface area (Å²) >= 11 is 0. The first-order chi connectivity index (χ1) is 6.00. The van der Waals surface area contributed by atoms with Crippen molar-refractivity contribution in [1.29, 1.82) is 0 Å². The van der Waals surface area contributed by atoms with E-state index in [0.717, 1.165) is 12.1 Å². The Labute approximate surface area is 74.8 Å². The standard InChI is InChI=1S/C9H10F2O2/c1-5(2)13-9-7(10)3-6(12)4-8(9)11/h3-5,12H,1-2H3. The molecular weight excluding hydrogens is 178 g/mol. The van der Waals surface area contributed by atoms with Gasteiger partial charge in [0.25, 0.3) is 0 Å². The summed E-state index contributed by atoms with van der Waals surface area (Å²) in [6.07, 6.45) is -0.312. The molecule has 0 fully saturated rings. The zero-order valence-corrected chi connectivity index (χ0v) is 7.34. The third-order valence-electron chi connectivity index (χ3n) is 1.34. The van der Waals surface area contributed by atoms with Gasteiger partial charge in [-0.2, -0.15) is 0 Å². The van der Waals surface area contributed by atoms with E-state index in [2.05, 4.69) is 0 Å². The van der Waals surface area contributed by atoms with Crippen LogP contribution in [-0.2, 0) is 0 Å². The number of benzene rings is 1. The maximum Gasteiger partial charge on any atom is 0.191 e. The van der Waals surface area contributed by atoms with Crippen LogP contribution in [0.25, 0.3) is 0 Å². The van der Waals surface area contributed by atoms with Gasteiger partial charge < -0.3 is 9.84 Å². The lowest BCUT2D eigenvalue weighted by Gasteiger charge is -2.11. The molecule has 4 heteroatoms. The molecule has 1 aromatic rings. The Morgan fingerprint density at radius 1 is 1.23 bits per heavy atom. The monoisotopic (exact) mass is 188 g/mol. The van der Waals surface area contributed by atoms with Crippen LogP contribution in [0.4, 0.5) is 8.78 Å². The van der Waals surface area contributed by atoms with E-state index in [1.54, 1.807) is 13.8 Å². The number of ether oxygens (including phenoxy) is 1. The Morgan fingerprint density at radius 2 is 1.69 bits per heavy atom. The first-order valence-electron chi connectivity index (χ1n) is 3.85. The predicted molar refractivity (Wildman–Crippen MR) is 43.8 cm³/mol. The Bertz CT molecular complexity index is 287. The Hall–Kier alpha value is -1.32. The summed E-state index contributed by atoms with van der Waals surface area (Å²) in [5.74, 6) is -2.70. The number of halogens is 2. The molecule has 1 aromatic carbocycles. The van der Waals surface area contributed by atoms with Gasteiger partial charge in [0.2, 0.25) is 0 Å². The largest absolute Gasteiger partial charge is 0.508 e. The number of hydrogen-bond donors (Lipinski definition) is 1. The van der Waals surface area contributed by atoms with Crippen LogP contribution in [0, 0.1) is 11.6 Å². The molecule has 13 heavy (non-hydrogen) atoms. The summed E-state index contributed by atoms with van der Waals surface area (Å²) in [6, 6.07) is 1.61. The topological polar surface area (TPSA) is 29.5 Å². The lowest BCUT2D eigenvalue weighted by Crippen LogP contribution is -2.08. The molecule has 0 aliphatic heterocycles. The molecule has 0 aliphatic carbocycles. The molecule has 0 amide bonds. The third kappa shape index (κ3) is 2.31. The second kappa shape index (κ2) is 3.60. The van der Waals surface area contributed by atoms with Gasteiger partial charge in [-0.15, -0.1) is 0 Å². The minimum Gasteiger partial charge on any atom is -0.508 e. The molecule has 0 saturated heterocycles. The van der Waals surface area contributed by atoms with E-state index >= 15 is 0 Å². The second-order valence-corrected chi connectivity index (χ2v) is 2.91. The summed E-state index contributed by atoms with van der Waals surface area (Å²) in [5.41, 5.74) is 0. The average Bonchev–Trinajstić information content (AvgIpc) is 1.96. The van der Waals surface area contributed by atoms with E-state index < -0.39 is 23.1 Å². The summed E-state index contributed by atoms with van der Waals surface area (Å²) in [7, 11) is 0. The SMILES string of the molecule is CC(C)Oc1c(F)cc(O)cc1F. The maximum atomic E-state index is 12.9. The van der Waals surface area contributed by atoms with E-state index in [0.29, 0.717) is 0 Å². The molecule has 0 aliphatic rings. The van der Waals surface area contributed by atoms with Crippen molar-refractivity contribution in [2.75, 3.05) is 0 Å². The number of rotatable bonds is 2. The fourth-order valence-electron chi connectivity index (χ4n) is 0.895. The first-order valence-corrected chi connectivity index (χ1v) is 3.85. The molecule has 72 valence electrons. The predicted octanol–water partition coefficient (Wildman–Crippen LogP) is 2.46. The van der Waals surface area contributed by atoms with Crippen molar-refractivity contribution >= 4 is 0 Å². The highest BCUT2D eigenvalue weighted by atomic mass is 19.1. The van der Waals surface area contributed by atoms with Crippen LogP contribution in [-0.4, -0.2) is 11.2 Å². The van der Waals surface area contributed by atoms with Crippen molar-refractivity contribution in [3.8, 4) is 11.5 Å². The number of hydrogen-bond acceptors (Lipinski definition) is 2. The Morgan fingerprint density at radius 3 is 2.08 bits per heavy atom. The van der Waals surface area contributed by atoms with Gasteiger partial charge in [-0.1, -0.05) is 0 Å². The van der Waals surface area contributed by atoms with E-state index in [-0.39, 0.29) is 6.10 Å². The van der Waals surface area contributed by atoms with E-state index in [4.69, 9.17) is 9.84 Å². The quantitative estimate of drug-likeness (QED) is 0.772. The fourth-order valence-corrected chi connectivity index (χ4v) is 0.895.